The zero-order chi connectivity index (χ0) is 11.0. The van der Waals surface area contributed by atoms with Gasteiger partial charge in [0.05, 0.1) is 5.56 Å². The molecular weight excluding hydrogens is 182 g/mol. The third kappa shape index (κ3) is 4.56. The number of hydrazine groups is 1. The van der Waals surface area contributed by atoms with E-state index >= 15 is 0 Å². The summed E-state index contributed by atoms with van der Waals surface area (Å²) in [5, 5.41) is 1.37. The van der Waals surface area contributed by atoms with Crippen LogP contribution in [0.4, 0.5) is 0 Å². The van der Waals surface area contributed by atoms with Crippen LogP contribution in [0.3, 0.4) is 0 Å². The number of nitrogens with zero attached hydrogens (tertiary/aromatic N) is 1. The summed E-state index contributed by atoms with van der Waals surface area (Å²) in [6, 6.07) is 8.88. The predicted molar refractivity (Wildman–Crippen MR) is 53.9 cm³/mol. The lowest BCUT2D eigenvalue weighted by Gasteiger charge is -2.09. The van der Waals surface area contributed by atoms with Gasteiger partial charge in [-0.2, -0.15) is 0 Å². The number of rotatable bonds is 2. The highest BCUT2D eigenvalue weighted by Crippen LogP contribution is 2.00. The molecule has 1 aromatic carbocycles. The lowest BCUT2D eigenvalue weighted by Crippen LogP contribution is -2.18. The van der Waals surface area contributed by atoms with Crippen molar-refractivity contribution in [2.45, 2.75) is 0 Å². The molecule has 1 rings (SSSR count). The summed E-state index contributed by atoms with van der Waals surface area (Å²) in [6.45, 7) is 0. The molecule has 4 N–H and O–H groups in total. The van der Waals surface area contributed by atoms with Crippen LogP contribution < -0.4 is 11.7 Å². The van der Waals surface area contributed by atoms with Crippen LogP contribution in [0.1, 0.15) is 10.4 Å². The van der Waals surface area contributed by atoms with E-state index in [9.17, 15) is 4.79 Å². The summed E-state index contributed by atoms with van der Waals surface area (Å²) < 4.78 is 0. The molecule has 0 aliphatic rings. The van der Waals surface area contributed by atoms with E-state index in [1.54, 1.807) is 38.4 Å². The van der Waals surface area contributed by atoms with Crippen LogP contribution in [0.25, 0.3) is 0 Å². The average molecular weight is 197 g/mol. The summed E-state index contributed by atoms with van der Waals surface area (Å²) in [6.07, 6.45) is 0. The summed E-state index contributed by atoms with van der Waals surface area (Å²) in [5.41, 5.74) is 0.561. The van der Waals surface area contributed by atoms with Crippen molar-refractivity contribution >= 4 is 5.97 Å². The number of hydroxylamine groups is 2. The number of benzene rings is 1. The van der Waals surface area contributed by atoms with Gasteiger partial charge in [-0.15, -0.1) is 5.06 Å². The lowest BCUT2D eigenvalue weighted by atomic mass is 10.2. The van der Waals surface area contributed by atoms with Gasteiger partial charge in [-0.05, 0) is 12.1 Å². The number of nitrogens with two attached hydrogens (primary N) is 2. The fourth-order valence-electron chi connectivity index (χ4n) is 0.793. The Labute approximate surface area is 83.2 Å². The quantitative estimate of drug-likeness (QED) is 0.520. The Kier molecular flexibility index (Phi) is 6.30. The van der Waals surface area contributed by atoms with E-state index in [0.29, 0.717) is 5.56 Å². The minimum atomic E-state index is -0.333. The van der Waals surface area contributed by atoms with Gasteiger partial charge in [0.25, 0.3) is 0 Å². The van der Waals surface area contributed by atoms with Crippen molar-refractivity contribution in [1.82, 2.24) is 5.06 Å². The first-order valence-corrected chi connectivity index (χ1v) is 3.98. The van der Waals surface area contributed by atoms with Gasteiger partial charge in [0.1, 0.15) is 0 Å². The third-order valence-corrected chi connectivity index (χ3v) is 1.27. The van der Waals surface area contributed by atoms with Gasteiger partial charge in [0.15, 0.2) is 0 Å². The molecule has 0 fully saturated rings. The fraction of sp³-hybridized carbons (Fsp3) is 0.222. The summed E-state index contributed by atoms with van der Waals surface area (Å²) >= 11 is 0. The molecule has 0 aromatic heterocycles. The Morgan fingerprint density at radius 1 is 1.21 bits per heavy atom. The second-order valence-corrected chi connectivity index (χ2v) is 2.56. The van der Waals surface area contributed by atoms with Gasteiger partial charge >= 0.3 is 5.97 Å². The lowest BCUT2D eigenvalue weighted by molar-refractivity contribution is -0.0713. The van der Waals surface area contributed by atoms with Crippen molar-refractivity contribution < 1.29 is 9.63 Å². The number of carbonyl (C=O) groups excluding carboxylic acids is 1. The first-order chi connectivity index (χ1) is 6.70. The van der Waals surface area contributed by atoms with Gasteiger partial charge in [-0.3, -0.25) is 11.7 Å². The van der Waals surface area contributed by atoms with Crippen molar-refractivity contribution in [3.8, 4) is 0 Å². The van der Waals surface area contributed by atoms with Gasteiger partial charge in [-0.1, -0.05) is 18.2 Å². The molecule has 0 aliphatic heterocycles. The largest absolute Gasteiger partial charge is 0.364 e. The molecule has 5 nitrogen and oxygen atoms in total. The van der Waals surface area contributed by atoms with Crippen LogP contribution in [0, 0.1) is 0 Å². The van der Waals surface area contributed by atoms with Crippen molar-refractivity contribution in [2.75, 3.05) is 14.1 Å². The highest BCUT2D eigenvalue weighted by Gasteiger charge is 2.06. The maximum Gasteiger partial charge on any atom is 0.356 e. The topological polar surface area (TPSA) is 81.6 Å². The standard InChI is InChI=1S/C9H11NO2.H4N2/c1-10(2)12-9(11)8-6-4-3-5-7-8;1-2/h3-7H,1-2H3;1-2H2. The van der Waals surface area contributed by atoms with E-state index in [1.807, 2.05) is 6.07 Å². The van der Waals surface area contributed by atoms with Crippen molar-refractivity contribution in [2.24, 2.45) is 11.7 Å². The molecule has 78 valence electrons. The van der Waals surface area contributed by atoms with E-state index in [2.05, 4.69) is 11.7 Å². The summed E-state index contributed by atoms with van der Waals surface area (Å²) in [5.74, 6) is 7.67. The van der Waals surface area contributed by atoms with Gasteiger partial charge < -0.3 is 4.84 Å². The smallest absolute Gasteiger partial charge is 0.356 e. The molecular formula is C9H15N3O2. The molecule has 0 radical (unpaired) electrons. The van der Waals surface area contributed by atoms with Gasteiger partial charge in [0.2, 0.25) is 0 Å². The fourth-order valence-corrected chi connectivity index (χ4v) is 0.793. The molecule has 0 atom stereocenters. The normalized spacial score (nSPS) is 8.93. The van der Waals surface area contributed by atoms with E-state index in [1.165, 1.54) is 5.06 Å². The van der Waals surface area contributed by atoms with Crippen LogP contribution in [0.5, 0.6) is 0 Å². The number of carbonyl (C=O) groups is 1. The molecule has 0 heterocycles. The zero-order valence-corrected chi connectivity index (χ0v) is 8.31. The minimum absolute atomic E-state index is 0.333. The van der Waals surface area contributed by atoms with Crippen molar-refractivity contribution in [3.05, 3.63) is 35.9 Å². The predicted octanol–water partition coefficient (Wildman–Crippen LogP) is 0.139. The minimum Gasteiger partial charge on any atom is -0.364 e. The average Bonchev–Trinajstić information content (AvgIpc) is 2.21. The van der Waals surface area contributed by atoms with E-state index < -0.39 is 0 Å². The maximum atomic E-state index is 11.2. The van der Waals surface area contributed by atoms with Gasteiger partial charge in [-0.25, -0.2) is 4.79 Å². The Morgan fingerprint density at radius 3 is 2.14 bits per heavy atom. The molecule has 0 bridgehead atoms. The van der Waals surface area contributed by atoms with Crippen LogP contribution >= 0.6 is 0 Å². The van der Waals surface area contributed by atoms with Crippen molar-refractivity contribution in [3.63, 3.8) is 0 Å². The molecule has 0 spiro atoms. The Balaban J connectivity index is 0.000000791. The summed E-state index contributed by atoms with van der Waals surface area (Å²) in [7, 11) is 3.34. The van der Waals surface area contributed by atoms with Crippen LogP contribution in [0.15, 0.2) is 30.3 Å². The van der Waals surface area contributed by atoms with Crippen LogP contribution in [0.2, 0.25) is 0 Å². The zero-order valence-electron chi connectivity index (χ0n) is 8.31. The maximum absolute atomic E-state index is 11.2. The van der Waals surface area contributed by atoms with Gasteiger partial charge in [0, 0.05) is 14.1 Å². The second-order valence-electron chi connectivity index (χ2n) is 2.56. The highest BCUT2D eigenvalue weighted by molar-refractivity contribution is 5.89. The molecule has 0 amide bonds. The summed E-state index contributed by atoms with van der Waals surface area (Å²) in [4.78, 5) is 16.0. The highest BCUT2D eigenvalue weighted by atomic mass is 16.7. The second kappa shape index (κ2) is 7.02. The molecule has 0 unspecified atom stereocenters. The molecule has 14 heavy (non-hydrogen) atoms. The molecule has 1 aromatic rings. The number of hydrogen-bond donors (Lipinski definition) is 2. The molecule has 0 saturated heterocycles. The Bertz CT molecular complexity index is 262. The van der Waals surface area contributed by atoms with Crippen LogP contribution in [-0.4, -0.2) is 25.1 Å². The van der Waals surface area contributed by atoms with Crippen molar-refractivity contribution in [1.29, 1.82) is 0 Å². The van der Waals surface area contributed by atoms with E-state index in [-0.39, 0.29) is 5.97 Å². The SMILES string of the molecule is CN(C)OC(=O)c1ccccc1.NN. The van der Waals surface area contributed by atoms with Crippen LogP contribution in [-0.2, 0) is 4.84 Å². The molecule has 5 heteroatoms. The molecule has 0 aliphatic carbocycles. The molecule has 0 saturated carbocycles. The van der Waals surface area contributed by atoms with E-state index in [4.69, 9.17) is 4.84 Å². The Morgan fingerprint density at radius 2 is 1.71 bits per heavy atom. The van der Waals surface area contributed by atoms with E-state index in [0.717, 1.165) is 0 Å². The Hall–Kier alpha value is -1.43. The third-order valence-electron chi connectivity index (χ3n) is 1.27. The first-order valence-electron chi connectivity index (χ1n) is 3.98. The monoisotopic (exact) mass is 197 g/mol. The first kappa shape index (κ1) is 12.6. The number of hydrogen-bond acceptors (Lipinski definition) is 5.